The number of benzene rings is 1. The molecule has 1 saturated heterocycles. The van der Waals surface area contributed by atoms with Crippen LogP contribution >= 0.6 is 0 Å². The van der Waals surface area contributed by atoms with Crippen molar-refractivity contribution in [1.82, 2.24) is 9.29 Å². The predicted molar refractivity (Wildman–Crippen MR) is 76.4 cm³/mol. The van der Waals surface area contributed by atoms with Gasteiger partial charge in [-0.1, -0.05) is 24.6 Å². The molecule has 1 aromatic carbocycles. The van der Waals surface area contributed by atoms with Crippen LogP contribution in [-0.2, 0) is 10.0 Å². The number of hydrogen-bond donors (Lipinski definition) is 1. The Morgan fingerprint density at radius 3 is 2.79 bits per heavy atom. The Hall–Kier alpha value is -1.33. The molecular formula is C14H18N2O2S. The van der Waals surface area contributed by atoms with Crippen molar-refractivity contribution in [1.29, 1.82) is 0 Å². The molecule has 1 N–H and O–H groups in total. The van der Waals surface area contributed by atoms with Gasteiger partial charge in [0.05, 0.1) is 12.3 Å². The molecule has 102 valence electrons. The van der Waals surface area contributed by atoms with E-state index in [-0.39, 0.29) is 6.04 Å². The number of piperidine rings is 1. The standard InChI is InChI=1S/C14H18N2O2S/c1-19(17,18)16-9-5-4-8-14(16)13-10-11-6-2-3-7-12(11)15-13/h2-3,6-7,10,14-15H,4-5,8-9H2,1H3. The molecule has 3 rings (SSSR count). The van der Waals surface area contributed by atoms with Gasteiger partial charge in [-0.25, -0.2) is 8.42 Å². The minimum atomic E-state index is -3.15. The van der Waals surface area contributed by atoms with Crippen LogP contribution in [0.15, 0.2) is 30.3 Å². The fourth-order valence-corrected chi connectivity index (χ4v) is 4.03. The minimum Gasteiger partial charge on any atom is -0.357 e. The van der Waals surface area contributed by atoms with E-state index >= 15 is 0 Å². The molecule has 1 aliphatic rings. The summed E-state index contributed by atoms with van der Waals surface area (Å²) in [6.07, 6.45) is 4.21. The average Bonchev–Trinajstić information content (AvgIpc) is 2.81. The molecule has 0 saturated carbocycles. The number of aromatic nitrogens is 1. The third-order valence-corrected chi connectivity index (χ3v) is 5.08. The molecule has 0 radical (unpaired) electrons. The normalized spacial score (nSPS) is 21.8. The molecule has 1 aliphatic heterocycles. The van der Waals surface area contributed by atoms with Crippen LogP contribution in [-0.4, -0.2) is 30.5 Å². The zero-order chi connectivity index (χ0) is 13.5. The summed E-state index contributed by atoms with van der Waals surface area (Å²) in [7, 11) is -3.15. The maximum Gasteiger partial charge on any atom is 0.211 e. The SMILES string of the molecule is CS(=O)(=O)N1CCCCC1c1cc2ccccc2[nH]1. The zero-order valence-corrected chi connectivity index (χ0v) is 11.8. The van der Waals surface area contributed by atoms with E-state index in [1.807, 2.05) is 24.3 Å². The van der Waals surface area contributed by atoms with E-state index in [1.165, 1.54) is 6.26 Å². The van der Waals surface area contributed by atoms with Crippen LogP contribution in [0.5, 0.6) is 0 Å². The fourth-order valence-electron chi connectivity index (χ4n) is 2.89. The Morgan fingerprint density at radius 1 is 1.26 bits per heavy atom. The molecular weight excluding hydrogens is 260 g/mol. The number of hydrogen-bond acceptors (Lipinski definition) is 2. The van der Waals surface area contributed by atoms with Crippen molar-refractivity contribution in [2.24, 2.45) is 0 Å². The second kappa shape index (κ2) is 4.65. The zero-order valence-electron chi connectivity index (χ0n) is 11.0. The van der Waals surface area contributed by atoms with E-state index in [0.717, 1.165) is 35.9 Å². The monoisotopic (exact) mass is 278 g/mol. The van der Waals surface area contributed by atoms with Gasteiger partial charge in [-0.15, -0.1) is 0 Å². The van der Waals surface area contributed by atoms with E-state index in [4.69, 9.17) is 0 Å². The topological polar surface area (TPSA) is 53.2 Å². The van der Waals surface area contributed by atoms with Gasteiger partial charge < -0.3 is 4.98 Å². The number of fused-ring (bicyclic) bond motifs is 1. The first-order chi connectivity index (χ1) is 9.05. The lowest BCUT2D eigenvalue weighted by atomic mass is 10.0. The summed E-state index contributed by atoms with van der Waals surface area (Å²) < 4.78 is 25.4. The van der Waals surface area contributed by atoms with Crippen LogP contribution in [0, 0.1) is 0 Å². The first-order valence-corrected chi connectivity index (χ1v) is 8.45. The highest BCUT2D eigenvalue weighted by Gasteiger charge is 2.31. The molecule has 5 heteroatoms. The molecule has 0 aliphatic carbocycles. The van der Waals surface area contributed by atoms with Crippen molar-refractivity contribution in [3.8, 4) is 0 Å². The number of aromatic amines is 1. The molecule has 1 atom stereocenters. The number of rotatable bonds is 2. The van der Waals surface area contributed by atoms with Crippen LogP contribution in [0.2, 0.25) is 0 Å². The largest absolute Gasteiger partial charge is 0.357 e. The second-order valence-electron chi connectivity index (χ2n) is 5.20. The van der Waals surface area contributed by atoms with Crippen molar-refractivity contribution in [2.45, 2.75) is 25.3 Å². The van der Waals surface area contributed by atoms with Crippen LogP contribution in [0.3, 0.4) is 0 Å². The Kier molecular flexibility index (Phi) is 3.11. The molecule has 1 fully saturated rings. The number of nitrogens with one attached hydrogen (secondary N) is 1. The van der Waals surface area contributed by atoms with Gasteiger partial charge in [0.15, 0.2) is 0 Å². The molecule has 0 bridgehead atoms. The van der Waals surface area contributed by atoms with Crippen molar-refractivity contribution >= 4 is 20.9 Å². The van der Waals surface area contributed by atoms with Gasteiger partial charge in [0.1, 0.15) is 0 Å². The summed E-state index contributed by atoms with van der Waals surface area (Å²) in [5.74, 6) is 0. The lowest BCUT2D eigenvalue weighted by Gasteiger charge is -2.33. The predicted octanol–water partition coefficient (Wildman–Crippen LogP) is 2.65. The highest BCUT2D eigenvalue weighted by molar-refractivity contribution is 7.88. The van der Waals surface area contributed by atoms with E-state index in [0.29, 0.717) is 6.54 Å². The maximum atomic E-state index is 11.9. The quantitative estimate of drug-likeness (QED) is 0.918. The number of H-pyrrole nitrogens is 1. The molecule has 1 unspecified atom stereocenters. The van der Waals surface area contributed by atoms with Crippen molar-refractivity contribution in [3.63, 3.8) is 0 Å². The Balaban J connectivity index is 2.03. The van der Waals surface area contributed by atoms with Gasteiger partial charge in [0.25, 0.3) is 0 Å². The highest BCUT2D eigenvalue weighted by atomic mass is 32.2. The van der Waals surface area contributed by atoms with Gasteiger partial charge in [0, 0.05) is 17.8 Å². The smallest absolute Gasteiger partial charge is 0.211 e. The van der Waals surface area contributed by atoms with E-state index < -0.39 is 10.0 Å². The van der Waals surface area contributed by atoms with Crippen LogP contribution in [0.1, 0.15) is 31.0 Å². The van der Waals surface area contributed by atoms with Gasteiger partial charge in [-0.3, -0.25) is 0 Å². The molecule has 1 aromatic heterocycles. The highest BCUT2D eigenvalue weighted by Crippen LogP contribution is 2.33. The first-order valence-electron chi connectivity index (χ1n) is 6.60. The van der Waals surface area contributed by atoms with Crippen LogP contribution in [0.25, 0.3) is 10.9 Å². The van der Waals surface area contributed by atoms with Crippen molar-refractivity contribution in [3.05, 3.63) is 36.0 Å². The van der Waals surface area contributed by atoms with E-state index in [2.05, 4.69) is 11.1 Å². The summed E-state index contributed by atoms with van der Waals surface area (Å²) in [4.78, 5) is 3.36. The first kappa shape index (κ1) is 12.7. The van der Waals surface area contributed by atoms with Gasteiger partial charge in [-0.2, -0.15) is 4.31 Å². The summed E-state index contributed by atoms with van der Waals surface area (Å²) >= 11 is 0. The maximum absolute atomic E-state index is 11.9. The molecule has 4 nitrogen and oxygen atoms in total. The molecule has 2 aromatic rings. The summed E-state index contributed by atoms with van der Waals surface area (Å²) in [6.45, 7) is 0.624. The summed E-state index contributed by atoms with van der Waals surface area (Å²) in [5.41, 5.74) is 2.07. The summed E-state index contributed by atoms with van der Waals surface area (Å²) in [5, 5.41) is 1.14. The Bertz CT molecular complexity index is 657. The van der Waals surface area contributed by atoms with E-state index in [1.54, 1.807) is 4.31 Å². The fraction of sp³-hybridized carbons (Fsp3) is 0.429. The molecule has 19 heavy (non-hydrogen) atoms. The molecule has 0 spiro atoms. The van der Waals surface area contributed by atoms with E-state index in [9.17, 15) is 8.42 Å². The Morgan fingerprint density at radius 2 is 2.05 bits per heavy atom. The number of para-hydroxylation sites is 1. The molecule has 0 amide bonds. The lowest BCUT2D eigenvalue weighted by Crippen LogP contribution is -2.37. The van der Waals surface area contributed by atoms with Gasteiger partial charge in [-0.05, 0) is 30.4 Å². The number of sulfonamides is 1. The third kappa shape index (κ3) is 2.40. The molecule has 2 heterocycles. The van der Waals surface area contributed by atoms with Crippen molar-refractivity contribution in [2.75, 3.05) is 12.8 Å². The minimum absolute atomic E-state index is 0.0452. The average molecular weight is 278 g/mol. The van der Waals surface area contributed by atoms with Crippen LogP contribution < -0.4 is 0 Å². The number of nitrogens with zero attached hydrogens (tertiary/aromatic N) is 1. The van der Waals surface area contributed by atoms with Gasteiger partial charge >= 0.3 is 0 Å². The Labute approximate surface area is 113 Å². The third-order valence-electron chi connectivity index (χ3n) is 3.79. The summed E-state index contributed by atoms with van der Waals surface area (Å²) in [6, 6.07) is 10.1. The van der Waals surface area contributed by atoms with Crippen LogP contribution in [0.4, 0.5) is 0 Å². The van der Waals surface area contributed by atoms with Gasteiger partial charge in [0.2, 0.25) is 10.0 Å². The van der Waals surface area contributed by atoms with Crippen molar-refractivity contribution < 1.29 is 8.42 Å². The lowest BCUT2D eigenvalue weighted by molar-refractivity contribution is 0.254. The second-order valence-corrected chi connectivity index (χ2v) is 7.13.